The van der Waals surface area contributed by atoms with E-state index in [0.29, 0.717) is 22.6 Å². The van der Waals surface area contributed by atoms with Gasteiger partial charge in [-0.1, -0.05) is 29.8 Å². The van der Waals surface area contributed by atoms with Gasteiger partial charge in [-0.25, -0.2) is 9.97 Å². The summed E-state index contributed by atoms with van der Waals surface area (Å²) in [7, 11) is 5.36. The van der Waals surface area contributed by atoms with Gasteiger partial charge in [-0.15, -0.1) is 0 Å². The average molecular weight is 212 g/mol. The summed E-state index contributed by atoms with van der Waals surface area (Å²) in [5.74, 6) is 0.594. The smallest absolute Gasteiger partial charge is 0.191 e. The van der Waals surface area contributed by atoms with Crippen LogP contribution >= 0.6 is 23.5 Å². The van der Waals surface area contributed by atoms with E-state index >= 15 is 0 Å². The Morgan fingerprint density at radius 3 is 2.15 bits per heavy atom. The highest BCUT2D eigenvalue weighted by molar-refractivity contribution is 7.99. The van der Waals surface area contributed by atoms with Crippen LogP contribution in [0.1, 0.15) is 7.20 Å². The minimum Gasteiger partial charge on any atom is -0.207 e. The molecule has 0 N–H and O–H groups in total. The summed E-state index contributed by atoms with van der Waals surface area (Å²) in [6, 6.07) is 0. The van der Waals surface area contributed by atoms with Crippen LogP contribution in [0.5, 0.6) is 0 Å². The van der Waals surface area contributed by atoms with Crippen LogP contribution in [0, 0.1) is 0 Å². The van der Waals surface area contributed by atoms with Gasteiger partial charge in [0.15, 0.2) is 10.3 Å². The molecule has 1 aromatic heterocycles. The zero-order valence-corrected chi connectivity index (χ0v) is 9.15. The van der Waals surface area contributed by atoms with Gasteiger partial charge >= 0.3 is 0 Å². The van der Waals surface area contributed by atoms with Gasteiger partial charge in [-0.2, -0.15) is 4.98 Å². The first-order valence-corrected chi connectivity index (χ1v) is 6.11. The Balaban J connectivity index is 2.92. The highest BCUT2D eigenvalue weighted by Crippen LogP contribution is 2.14. The fourth-order valence-corrected chi connectivity index (χ4v) is 1.56. The molecule has 0 aliphatic heterocycles. The largest absolute Gasteiger partial charge is 0.207 e. The summed E-state index contributed by atoms with van der Waals surface area (Å²) in [5, 5.41) is 1.36. The van der Waals surface area contributed by atoms with E-state index in [1.54, 1.807) is 0 Å². The molecule has 0 saturated heterocycles. The standard InChI is InChI=1S/C7H10BN3S2/c1-12-6-9-5(3-4-8)10-7(11-6)13-2/h3-4H2,1-2H3/i4D. The molecule has 1 heterocycles. The van der Waals surface area contributed by atoms with Gasteiger partial charge in [-0.05, 0) is 18.9 Å². The number of rotatable bonds is 4. The third-order valence-corrected chi connectivity index (χ3v) is 2.40. The number of thioether (sulfide) groups is 2. The summed E-state index contributed by atoms with van der Waals surface area (Å²) in [5.41, 5.74) is 0. The van der Waals surface area contributed by atoms with E-state index in [4.69, 9.17) is 9.22 Å². The second-order valence-electron chi connectivity index (χ2n) is 2.16. The van der Waals surface area contributed by atoms with Gasteiger partial charge in [0.25, 0.3) is 0 Å². The lowest BCUT2D eigenvalue weighted by Crippen LogP contribution is -2.00. The molecule has 68 valence electrons. The normalized spacial score (nSPS) is 13.8. The summed E-state index contributed by atoms with van der Waals surface area (Å²) in [6.45, 7) is 0. The van der Waals surface area contributed by atoms with Crippen LogP contribution in [0.15, 0.2) is 10.3 Å². The number of hydrogen-bond acceptors (Lipinski definition) is 5. The van der Waals surface area contributed by atoms with Crippen LogP contribution in [0.3, 0.4) is 0 Å². The fraction of sp³-hybridized carbons (Fsp3) is 0.571. The Hall–Kier alpha value is -0.225. The van der Waals surface area contributed by atoms with E-state index in [-0.39, 0.29) is 0 Å². The molecule has 0 saturated carbocycles. The molecule has 2 radical (unpaired) electrons. The first-order chi connectivity index (χ1) is 6.65. The SMILES string of the molecule is [2H]C([B])Cc1nc(SC)nc(SC)n1. The fourth-order valence-electron chi connectivity index (χ4n) is 0.757. The maximum absolute atomic E-state index is 7.23. The second kappa shape index (κ2) is 5.49. The molecule has 1 rings (SSSR count). The summed E-state index contributed by atoms with van der Waals surface area (Å²) < 4.78 is 7.23. The molecule has 0 aliphatic carbocycles. The minimum atomic E-state index is -0.665. The highest BCUT2D eigenvalue weighted by atomic mass is 32.2. The molecule has 1 unspecified atom stereocenters. The molecule has 0 spiro atoms. The summed E-state index contributed by atoms with van der Waals surface area (Å²) in [6.07, 6.45) is 3.51. The first kappa shape index (κ1) is 9.33. The topological polar surface area (TPSA) is 38.7 Å². The van der Waals surface area contributed by atoms with Gasteiger partial charge < -0.3 is 0 Å². The summed E-state index contributed by atoms with van der Waals surface area (Å²) in [4.78, 5) is 12.5. The van der Waals surface area contributed by atoms with E-state index in [9.17, 15) is 0 Å². The lowest BCUT2D eigenvalue weighted by Gasteiger charge is -2.02. The van der Waals surface area contributed by atoms with Crippen LogP contribution in [-0.4, -0.2) is 35.3 Å². The Labute approximate surface area is 89.4 Å². The van der Waals surface area contributed by atoms with E-state index in [2.05, 4.69) is 15.0 Å². The number of aromatic nitrogens is 3. The zero-order chi connectivity index (χ0) is 10.6. The molecule has 13 heavy (non-hydrogen) atoms. The van der Waals surface area contributed by atoms with Crippen LogP contribution in [0.25, 0.3) is 0 Å². The van der Waals surface area contributed by atoms with Crippen molar-refractivity contribution in [1.82, 2.24) is 15.0 Å². The molecule has 0 bridgehead atoms. The van der Waals surface area contributed by atoms with Gasteiger partial charge in [0.05, 0.1) is 7.85 Å². The van der Waals surface area contributed by atoms with Crippen molar-refractivity contribution in [3.63, 3.8) is 0 Å². The van der Waals surface area contributed by atoms with E-state index in [1.807, 2.05) is 12.5 Å². The maximum atomic E-state index is 7.23. The Morgan fingerprint density at radius 2 is 1.77 bits per heavy atom. The van der Waals surface area contributed by atoms with Crippen molar-refractivity contribution >= 4 is 31.4 Å². The number of nitrogens with zero attached hydrogens (tertiary/aromatic N) is 3. The number of aryl methyl sites for hydroxylation is 1. The molecule has 0 amide bonds. The molecule has 0 aromatic carbocycles. The van der Waals surface area contributed by atoms with Crippen LogP contribution in [-0.2, 0) is 6.42 Å². The quantitative estimate of drug-likeness (QED) is 0.557. The Bertz CT molecular complexity index is 289. The van der Waals surface area contributed by atoms with Gasteiger partial charge in [0.1, 0.15) is 5.82 Å². The van der Waals surface area contributed by atoms with Gasteiger partial charge in [0.2, 0.25) is 0 Å². The lowest BCUT2D eigenvalue weighted by atomic mass is 10.0. The monoisotopic (exact) mass is 212 g/mol. The molecule has 3 nitrogen and oxygen atoms in total. The third-order valence-electron chi connectivity index (χ3n) is 1.31. The van der Waals surface area contributed by atoms with E-state index in [0.717, 1.165) is 0 Å². The van der Waals surface area contributed by atoms with Crippen LogP contribution in [0.2, 0.25) is 6.30 Å². The molecule has 1 atom stereocenters. The van der Waals surface area contributed by atoms with Crippen molar-refractivity contribution in [1.29, 1.82) is 0 Å². The molecule has 0 fully saturated rings. The van der Waals surface area contributed by atoms with Crippen LogP contribution in [0.4, 0.5) is 0 Å². The summed E-state index contributed by atoms with van der Waals surface area (Å²) >= 11 is 2.92. The molecule has 0 aliphatic rings. The predicted octanol–water partition coefficient (Wildman–Crippen LogP) is 1.44. The van der Waals surface area contributed by atoms with Crippen molar-refractivity contribution in [2.24, 2.45) is 0 Å². The predicted molar refractivity (Wildman–Crippen MR) is 57.7 cm³/mol. The first-order valence-electron chi connectivity index (χ1n) is 4.24. The Morgan fingerprint density at radius 1 is 1.23 bits per heavy atom. The van der Waals surface area contributed by atoms with Crippen LogP contribution < -0.4 is 0 Å². The molecule has 1 aromatic rings. The van der Waals surface area contributed by atoms with Crippen molar-refractivity contribution in [2.75, 3.05) is 12.5 Å². The Kier molecular flexibility index (Phi) is 3.94. The van der Waals surface area contributed by atoms with Crippen molar-refractivity contribution in [3.05, 3.63) is 5.82 Å². The minimum absolute atomic E-state index is 0.365. The van der Waals surface area contributed by atoms with Gasteiger partial charge in [0, 0.05) is 1.37 Å². The third kappa shape index (κ3) is 3.19. The maximum Gasteiger partial charge on any atom is 0.191 e. The molecule has 6 heteroatoms. The zero-order valence-electron chi connectivity index (χ0n) is 8.52. The van der Waals surface area contributed by atoms with Crippen molar-refractivity contribution < 1.29 is 1.37 Å². The second-order valence-corrected chi connectivity index (χ2v) is 3.71. The van der Waals surface area contributed by atoms with Crippen molar-refractivity contribution in [2.45, 2.75) is 23.0 Å². The van der Waals surface area contributed by atoms with Crippen molar-refractivity contribution in [3.8, 4) is 0 Å². The number of hydrogen-bond donors (Lipinski definition) is 0. The molecular formula is C7H10BN3S2. The molecular weight excluding hydrogens is 201 g/mol. The van der Waals surface area contributed by atoms with E-state index in [1.165, 1.54) is 23.5 Å². The lowest BCUT2D eigenvalue weighted by molar-refractivity contribution is 0.740. The average Bonchev–Trinajstić information content (AvgIpc) is 2.16. The van der Waals surface area contributed by atoms with Gasteiger partial charge in [-0.3, -0.25) is 0 Å². The van der Waals surface area contributed by atoms with E-state index < -0.39 is 6.30 Å². The highest BCUT2D eigenvalue weighted by Gasteiger charge is 2.03.